The van der Waals surface area contributed by atoms with Crippen LogP contribution in [0.15, 0.2) is 24.3 Å². The van der Waals surface area contributed by atoms with Crippen molar-refractivity contribution in [1.29, 1.82) is 0 Å². The summed E-state index contributed by atoms with van der Waals surface area (Å²) in [4.78, 5) is 25.2. The number of hydrogen-bond acceptors (Lipinski definition) is 4. The van der Waals surface area contributed by atoms with Gasteiger partial charge in [-0.3, -0.25) is 9.59 Å². The van der Waals surface area contributed by atoms with Crippen LogP contribution in [0.3, 0.4) is 0 Å². The Hall–Kier alpha value is -2.29. The summed E-state index contributed by atoms with van der Waals surface area (Å²) in [6.45, 7) is 0.210. The molecule has 0 unspecified atom stereocenters. The number of likely N-dealkylation sites (tertiary alicyclic amines) is 1. The van der Waals surface area contributed by atoms with Crippen LogP contribution < -0.4 is 10.5 Å². The Morgan fingerprint density at radius 2 is 2.08 bits per heavy atom. The monoisotopic (exact) mass is 346 g/mol. The number of alkyl halides is 3. The number of hydrogen-bond donors (Lipinski definition) is 1. The fourth-order valence-electron chi connectivity index (χ4n) is 2.64. The Morgan fingerprint density at radius 1 is 1.38 bits per heavy atom. The van der Waals surface area contributed by atoms with E-state index in [1.165, 1.54) is 24.1 Å². The summed E-state index contributed by atoms with van der Waals surface area (Å²) in [5.41, 5.74) is 5.64. The first kappa shape index (κ1) is 18.1. The van der Waals surface area contributed by atoms with Gasteiger partial charge in [-0.1, -0.05) is 12.1 Å². The van der Waals surface area contributed by atoms with E-state index < -0.39 is 30.0 Å². The molecule has 1 aliphatic rings. The molecule has 0 aromatic heterocycles. The lowest BCUT2D eigenvalue weighted by Crippen LogP contribution is -2.44. The third-order valence-corrected chi connectivity index (χ3v) is 3.73. The van der Waals surface area contributed by atoms with Crippen molar-refractivity contribution in [1.82, 2.24) is 4.90 Å². The Morgan fingerprint density at radius 3 is 2.67 bits per heavy atom. The van der Waals surface area contributed by atoms with Crippen LogP contribution in [0.1, 0.15) is 12.0 Å². The first-order valence-corrected chi connectivity index (χ1v) is 7.16. The average Bonchev–Trinajstić information content (AvgIpc) is 2.90. The number of methoxy groups -OCH3 is 1. The van der Waals surface area contributed by atoms with E-state index in [-0.39, 0.29) is 19.1 Å². The van der Waals surface area contributed by atoms with Crippen LogP contribution >= 0.6 is 0 Å². The molecule has 24 heavy (non-hydrogen) atoms. The average molecular weight is 346 g/mol. The molecule has 2 rings (SSSR count). The molecule has 1 aromatic rings. The SMILES string of the molecule is CO[C@H]1C[C@@H](C(N)=O)N(C(=O)Cc2cccc(OC(F)(F)F)c2)C1. The Kier molecular flexibility index (Phi) is 5.33. The van der Waals surface area contributed by atoms with E-state index in [4.69, 9.17) is 10.5 Å². The molecular formula is C15H17F3N2O4. The smallest absolute Gasteiger partial charge is 0.406 e. The summed E-state index contributed by atoms with van der Waals surface area (Å²) in [7, 11) is 1.47. The number of carbonyl (C=O) groups is 2. The molecule has 132 valence electrons. The molecule has 0 aliphatic carbocycles. The summed E-state index contributed by atoms with van der Waals surface area (Å²) in [5.74, 6) is -1.46. The van der Waals surface area contributed by atoms with Gasteiger partial charge in [-0.2, -0.15) is 0 Å². The summed E-state index contributed by atoms with van der Waals surface area (Å²) in [6.07, 6.45) is -4.98. The van der Waals surface area contributed by atoms with Crippen molar-refractivity contribution in [3.8, 4) is 5.75 Å². The number of nitrogens with zero attached hydrogens (tertiary/aromatic N) is 1. The number of halogens is 3. The quantitative estimate of drug-likeness (QED) is 0.869. The molecule has 0 bridgehead atoms. The van der Waals surface area contributed by atoms with Crippen molar-refractivity contribution in [3.05, 3.63) is 29.8 Å². The van der Waals surface area contributed by atoms with Crippen molar-refractivity contribution in [2.24, 2.45) is 5.73 Å². The van der Waals surface area contributed by atoms with E-state index in [1.54, 1.807) is 0 Å². The van der Waals surface area contributed by atoms with E-state index >= 15 is 0 Å². The predicted octanol–water partition coefficient (Wildman–Crippen LogP) is 1.23. The lowest BCUT2D eigenvalue weighted by molar-refractivity contribution is -0.274. The van der Waals surface area contributed by atoms with E-state index in [2.05, 4.69) is 4.74 Å². The maximum atomic E-state index is 12.4. The zero-order valence-corrected chi connectivity index (χ0v) is 12.9. The van der Waals surface area contributed by atoms with Gasteiger partial charge in [0.15, 0.2) is 0 Å². The van der Waals surface area contributed by atoms with E-state index in [0.29, 0.717) is 12.0 Å². The fraction of sp³-hybridized carbons (Fsp3) is 0.467. The molecule has 1 aliphatic heterocycles. The van der Waals surface area contributed by atoms with Gasteiger partial charge in [0.1, 0.15) is 11.8 Å². The van der Waals surface area contributed by atoms with E-state index in [1.807, 2.05) is 0 Å². The number of rotatable bonds is 5. The maximum Gasteiger partial charge on any atom is 0.573 e. The first-order chi connectivity index (χ1) is 11.2. The van der Waals surface area contributed by atoms with Gasteiger partial charge in [-0.15, -0.1) is 13.2 Å². The van der Waals surface area contributed by atoms with Gasteiger partial charge in [0.25, 0.3) is 0 Å². The summed E-state index contributed by atoms with van der Waals surface area (Å²) in [6, 6.07) is 4.36. The van der Waals surface area contributed by atoms with Crippen molar-refractivity contribution >= 4 is 11.8 Å². The molecule has 6 nitrogen and oxygen atoms in total. The molecule has 0 saturated carbocycles. The molecule has 1 aromatic carbocycles. The Labute approximate surface area is 136 Å². The minimum atomic E-state index is -4.81. The molecule has 9 heteroatoms. The van der Waals surface area contributed by atoms with Gasteiger partial charge < -0.3 is 20.1 Å². The topological polar surface area (TPSA) is 81.9 Å². The molecule has 0 spiro atoms. The second-order valence-corrected chi connectivity index (χ2v) is 5.43. The van der Waals surface area contributed by atoms with Crippen LogP contribution in [0.25, 0.3) is 0 Å². The molecular weight excluding hydrogens is 329 g/mol. The van der Waals surface area contributed by atoms with Gasteiger partial charge in [0, 0.05) is 20.1 Å². The molecule has 2 amide bonds. The summed E-state index contributed by atoms with van der Waals surface area (Å²) >= 11 is 0. The number of benzene rings is 1. The van der Waals surface area contributed by atoms with E-state index in [0.717, 1.165) is 12.1 Å². The normalized spacial score (nSPS) is 20.9. The molecule has 1 heterocycles. The largest absolute Gasteiger partial charge is 0.573 e. The van der Waals surface area contributed by atoms with Gasteiger partial charge in [-0.25, -0.2) is 0 Å². The number of carbonyl (C=O) groups excluding carboxylic acids is 2. The van der Waals surface area contributed by atoms with Gasteiger partial charge >= 0.3 is 6.36 Å². The second kappa shape index (κ2) is 7.08. The molecule has 1 fully saturated rings. The third kappa shape index (κ3) is 4.60. The van der Waals surface area contributed by atoms with Crippen molar-refractivity contribution in [3.63, 3.8) is 0 Å². The summed E-state index contributed by atoms with van der Waals surface area (Å²) in [5, 5.41) is 0. The Bertz CT molecular complexity index is 621. The zero-order valence-electron chi connectivity index (χ0n) is 12.9. The fourth-order valence-corrected chi connectivity index (χ4v) is 2.64. The number of amides is 2. The minimum Gasteiger partial charge on any atom is -0.406 e. The summed E-state index contributed by atoms with van der Waals surface area (Å²) < 4.78 is 45.7. The number of primary amides is 1. The Balaban J connectivity index is 2.08. The maximum absolute atomic E-state index is 12.4. The molecule has 2 N–H and O–H groups in total. The van der Waals surface area contributed by atoms with Crippen molar-refractivity contribution in [2.45, 2.75) is 31.3 Å². The first-order valence-electron chi connectivity index (χ1n) is 7.16. The lowest BCUT2D eigenvalue weighted by Gasteiger charge is -2.22. The van der Waals surface area contributed by atoms with Gasteiger partial charge in [-0.05, 0) is 17.7 Å². The second-order valence-electron chi connectivity index (χ2n) is 5.43. The highest BCUT2D eigenvalue weighted by Crippen LogP contribution is 2.25. The highest BCUT2D eigenvalue weighted by Gasteiger charge is 2.38. The minimum absolute atomic E-state index is 0.171. The van der Waals surface area contributed by atoms with Crippen molar-refractivity contribution < 1.29 is 32.2 Å². The van der Waals surface area contributed by atoms with Crippen LogP contribution in [0.5, 0.6) is 5.75 Å². The van der Waals surface area contributed by atoms with Gasteiger partial charge in [0.2, 0.25) is 11.8 Å². The van der Waals surface area contributed by atoms with Crippen LogP contribution in [0, 0.1) is 0 Å². The lowest BCUT2D eigenvalue weighted by atomic mass is 10.1. The highest BCUT2D eigenvalue weighted by molar-refractivity contribution is 5.88. The van der Waals surface area contributed by atoms with Gasteiger partial charge in [0.05, 0.1) is 12.5 Å². The highest BCUT2D eigenvalue weighted by atomic mass is 19.4. The molecule has 0 radical (unpaired) electrons. The standard InChI is InChI=1S/C15H17F3N2O4/c1-23-11-7-12(14(19)22)20(8-11)13(21)6-9-3-2-4-10(5-9)24-15(16,17)18/h2-5,11-12H,6-8H2,1H3,(H2,19,22)/t11-,12-/m0/s1. The molecule has 1 saturated heterocycles. The zero-order chi connectivity index (χ0) is 17.9. The molecule has 2 atom stereocenters. The van der Waals surface area contributed by atoms with Crippen molar-refractivity contribution in [2.75, 3.05) is 13.7 Å². The number of nitrogens with two attached hydrogens (primary N) is 1. The van der Waals surface area contributed by atoms with Crippen LogP contribution in [0.4, 0.5) is 13.2 Å². The van der Waals surface area contributed by atoms with Crippen LogP contribution in [0.2, 0.25) is 0 Å². The van der Waals surface area contributed by atoms with Crippen LogP contribution in [-0.2, 0) is 20.7 Å². The van der Waals surface area contributed by atoms with E-state index in [9.17, 15) is 22.8 Å². The predicted molar refractivity (Wildman–Crippen MR) is 76.9 cm³/mol. The third-order valence-electron chi connectivity index (χ3n) is 3.73. The van der Waals surface area contributed by atoms with Crippen LogP contribution in [-0.4, -0.2) is 48.9 Å². The number of ether oxygens (including phenoxy) is 2.